The second kappa shape index (κ2) is 7.51. The molecule has 1 aromatic carbocycles. The monoisotopic (exact) mass is 402 g/mol. The van der Waals surface area contributed by atoms with Crippen molar-refractivity contribution in [3.63, 3.8) is 0 Å². The van der Waals surface area contributed by atoms with E-state index < -0.39 is 21.7 Å². The lowest BCUT2D eigenvalue weighted by Gasteiger charge is -2.12. The van der Waals surface area contributed by atoms with E-state index in [4.69, 9.17) is 0 Å². The van der Waals surface area contributed by atoms with Gasteiger partial charge in [-0.1, -0.05) is 0 Å². The highest BCUT2D eigenvalue weighted by atomic mass is 32.2. The number of rotatable bonds is 5. The van der Waals surface area contributed by atoms with Gasteiger partial charge in [0, 0.05) is 18.6 Å². The van der Waals surface area contributed by atoms with Gasteiger partial charge in [-0.2, -0.15) is 0 Å². The molecule has 0 aliphatic rings. The molecular weight excluding hydrogens is 383 g/mol. The Balaban J connectivity index is 1.81. The molecule has 146 valence electrons. The van der Waals surface area contributed by atoms with Crippen molar-refractivity contribution in [2.45, 2.75) is 32.2 Å². The van der Waals surface area contributed by atoms with E-state index >= 15 is 0 Å². The molecule has 0 aliphatic carbocycles. The van der Waals surface area contributed by atoms with Crippen LogP contribution in [-0.4, -0.2) is 28.3 Å². The first-order valence-corrected chi connectivity index (χ1v) is 9.88. The summed E-state index contributed by atoms with van der Waals surface area (Å²) in [5.74, 6) is -0.940. The van der Waals surface area contributed by atoms with Crippen LogP contribution in [0.15, 0.2) is 47.9 Å². The van der Waals surface area contributed by atoms with Gasteiger partial charge >= 0.3 is 0 Å². The van der Waals surface area contributed by atoms with Crippen LogP contribution in [0.3, 0.4) is 0 Å². The van der Waals surface area contributed by atoms with Gasteiger partial charge in [0.05, 0.1) is 34.6 Å². The number of benzene rings is 1. The third-order valence-corrected chi connectivity index (χ3v) is 6.10. The molecule has 0 saturated carbocycles. The first-order valence-electron chi connectivity index (χ1n) is 8.44. The molecule has 0 saturated heterocycles. The minimum Gasteiger partial charge on any atom is -0.346 e. The largest absolute Gasteiger partial charge is 0.346 e. The molecule has 9 heteroatoms. The van der Waals surface area contributed by atoms with Crippen LogP contribution in [0.5, 0.6) is 0 Å². The van der Waals surface area contributed by atoms with E-state index in [9.17, 15) is 17.6 Å². The van der Waals surface area contributed by atoms with Gasteiger partial charge in [-0.05, 0) is 50.1 Å². The van der Waals surface area contributed by atoms with E-state index in [1.165, 1.54) is 44.4 Å². The van der Waals surface area contributed by atoms with Crippen LogP contribution < -0.4 is 5.32 Å². The molecule has 7 nitrogen and oxygen atoms in total. The summed E-state index contributed by atoms with van der Waals surface area (Å²) in [5.41, 5.74) is 2.14. The van der Waals surface area contributed by atoms with Crippen LogP contribution in [0.4, 0.5) is 4.39 Å². The van der Waals surface area contributed by atoms with E-state index in [-0.39, 0.29) is 17.0 Å². The SMILES string of the molecule is Cc1cnc(CNC(=O)c2ccn(S(=O)(=O)c3c(C)cc(F)cc3C)c2)cn1. The highest BCUT2D eigenvalue weighted by molar-refractivity contribution is 7.90. The number of aromatic nitrogens is 3. The standard InChI is InChI=1S/C19H19FN4O3S/c1-12-6-16(20)7-13(2)18(12)28(26,27)24-5-4-15(11-24)19(25)23-10-17-9-21-14(3)8-22-17/h4-9,11H,10H2,1-3H3,(H,23,25). The molecule has 2 heterocycles. The second-order valence-corrected chi connectivity index (χ2v) is 8.22. The van der Waals surface area contributed by atoms with Crippen molar-refractivity contribution in [2.24, 2.45) is 0 Å². The number of hydrogen-bond acceptors (Lipinski definition) is 5. The summed E-state index contributed by atoms with van der Waals surface area (Å²) in [7, 11) is -3.95. The van der Waals surface area contributed by atoms with E-state index in [1.54, 1.807) is 12.4 Å². The molecular formula is C19H19FN4O3S. The van der Waals surface area contributed by atoms with Crippen molar-refractivity contribution in [2.75, 3.05) is 0 Å². The van der Waals surface area contributed by atoms with Crippen LogP contribution in [0.1, 0.15) is 32.9 Å². The van der Waals surface area contributed by atoms with E-state index in [1.807, 2.05) is 6.92 Å². The molecule has 0 aliphatic heterocycles. The smallest absolute Gasteiger partial charge is 0.268 e. The maximum Gasteiger partial charge on any atom is 0.268 e. The van der Waals surface area contributed by atoms with Crippen molar-refractivity contribution in [3.8, 4) is 0 Å². The summed E-state index contributed by atoms with van der Waals surface area (Å²) >= 11 is 0. The summed E-state index contributed by atoms with van der Waals surface area (Å²) in [4.78, 5) is 20.6. The summed E-state index contributed by atoms with van der Waals surface area (Å²) < 4.78 is 40.3. The predicted octanol–water partition coefficient (Wildman–Crippen LogP) is 2.51. The van der Waals surface area contributed by atoms with Crippen LogP contribution in [0, 0.1) is 26.6 Å². The maximum absolute atomic E-state index is 13.5. The summed E-state index contributed by atoms with van der Waals surface area (Å²) in [6.07, 6.45) is 5.68. The average molecular weight is 402 g/mol. The van der Waals surface area contributed by atoms with E-state index in [2.05, 4.69) is 15.3 Å². The lowest BCUT2D eigenvalue weighted by Crippen LogP contribution is -2.23. The Morgan fingerprint density at radius 2 is 1.82 bits per heavy atom. The van der Waals surface area contributed by atoms with Crippen molar-refractivity contribution in [1.29, 1.82) is 0 Å². The van der Waals surface area contributed by atoms with Gasteiger partial charge in [0.1, 0.15) is 5.82 Å². The van der Waals surface area contributed by atoms with Crippen LogP contribution in [0.2, 0.25) is 0 Å². The number of carbonyl (C=O) groups is 1. The molecule has 0 fully saturated rings. The van der Waals surface area contributed by atoms with Crippen LogP contribution in [0.25, 0.3) is 0 Å². The van der Waals surface area contributed by atoms with Crippen molar-refractivity contribution in [1.82, 2.24) is 19.3 Å². The normalized spacial score (nSPS) is 11.4. The molecule has 1 N–H and O–H groups in total. The zero-order valence-electron chi connectivity index (χ0n) is 15.6. The van der Waals surface area contributed by atoms with Gasteiger partial charge in [-0.3, -0.25) is 14.8 Å². The van der Waals surface area contributed by atoms with Gasteiger partial charge < -0.3 is 5.32 Å². The average Bonchev–Trinajstić information content (AvgIpc) is 3.11. The maximum atomic E-state index is 13.5. The Kier molecular flexibility index (Phi) is 5.28. The Hall–Kier alpha value is -3.07. The topological polar surface area (TPSA) is 94.0 Å². The minimum absolute atomic E-state index is 0.0198. The fourth-order valence-corrected chi connectivity index (χ4v) is 4.47. The zero-order valence-corrected chi connectivity index (χ0v) is 16.4. The predicted molar refractivity (Wildman–Crippen MR) is 101 cm³/mol. The van der Waals surface area contributed by atoms with Crippen molar-refractivity contribution in [3.05, 3.63) is 76.9 Å². The fourth-order valence-electron chi connectivity index (χ4n) is 2.85. The molecule has 0 atom stereocenters. The highest BCUT2D eigenvalue weighted by Crippen LogP contribution is 2.24. The lowest BCUT2D eigenvalue weighted by molar-refractivity contribution is 0.0950. The van der Waals surface area contributed by atoms with Crippen molar-refractivity contribution >= 4 is 15.9 Å². The third kappa shape index (κ3) is 3.94. The number of carbonyl (C=O) groups excluding carboxylic acids is 1. The molecule has 3 rings (SSSR count). The second-order valence-electron chi connectivity index (χ2n) is 6.44. The number of nitrogens with one attached hydrogen (secondary N) is 1. The Morgan fingerprint density at radius 3 is 2.43 bits per heavy atom. The molecule has 0 spiro atoms. The zero-order chi connectivity index (χ0) is 20.5. The molecule has 28 heavy (non-hydrogen) atoms. The molecule has 2 aromatic heterocycles. The third-order valence-electron chi connectivity index (χ3n) is 4.15. The van der Waals surface area contributed by atoms with Gasteiger partial charge in [-0.15, -0.1) is 0 Å². The number of halogens is 1. The fraction of sp³-hybridized carbons (Fsp3) is 0.211. The van der Waals surface area contributed by atoms with Crippen LogP contribution in [-0.2, 0) is 16.6 Å². The van der Waals surface area contributed by atoms with Gasteiger partial charge in [0.25, 0.3) is 15.9 Å². The molecule has 0 unspecified atom stereocenters. The Labute approximate surface area is 162 Å². The highest BCUT2D eigenvalue weighted by Gasteiger charge is 2.23. The molecule has 1 amide bonds. The number of nitrogens with zero attached hydrogens (tertiary/aromatic N) is 3. The minimum atomic E-state index is -3.95. The summed E-state index contributed by atoms with van der Waals surface area (Å²) in [5, 5.41) is 2.67. The summed E-state index contributed by atoms with van der Waals surface area (Å²) in [6.45, 7) is 5.04. The molecule has 0 bridgehead atoms. The molecule has 3 aromatic rings. The molecule has 0 radical (unpaired) electrons. The number of amides is 1. The quantitative estimate of drug-likeness (QED) is 0.708. The van der Waals surface area contributed by atoms with Gasteiger partial charge in [-0.25, -0.2) is 16.8 Å². The van der Waals surface area contributed by atoms with Crippen LogP contribution >= 0.6 is 0 Å². The number of hydrogen-bond donors (Lipinski definition) is 1. The first kappa shape index (κ1) is 19.7. The van der Waals surface area contributed by atoms with E-state index in [0.717, 1.165) is 9.67 Å². The summed E-state index contributed by atoms with van der Waals surface area (Å²) in [6, 6.07) is 3.74. The number of aryl methyl sites for hydroxylation is 3. The van der Waals surface area contributed by atoms with E-state index in [0.29, 0.717) is 16.8 Å². The first-order chi connectivity index (χ1) is 13.2. The lowest BCUT2D eigenvalue weighted by atomic mass is 10.1. The van der Waals surface area contributed by atoms with Crippen molar-refractivity contribution < 1.29 is 17.6 Å². The van der Waals surface area contributed by atoms with Gasteiger partial charge in [0.15, 0.2) is 0 Å². The Bertz CT molecular complexity index is 1120. The Morgan fingerprint density at radius 1 is 1.14 bits per heavy atom. The van der Waals surface area contributed by atoms with Gasteiger partial charge in [0.2, 0.25) is 0 Å².